The van der Waals surface area contributed by atoms with Gasteiger partial charge in [0.2, 0.25) is 0 Å². The Bertz CT molecular complexity index is 699. The molecule has 0 radical (unpaired) electrons. The molecular formula is C17H20N2O2. The average molecular weight is 284 g/mol. The second kappa shape index (κ2) is 6.22. The first-order valence-electron chi connectivity index (χ1n) is 7.54. The van der Waals surface area contributed by atoms with Crippen LogP contribution in [0.2, 0.25) is 0 Å². The third-order valence-corrected chi connectivity index (χ3v) is 4.25. The fourth-order valence-corrected chi connectivity index (χ4v) is 3.01. The minimum atomic E-state index is -0.386. The molecule has 3 rings (SSSR count). The molecule has 1 heterocycles. The number of nitrogens with zero attached hydrogens (tertiary/aromatic N) is 1. The molecule has 1 saturated carbocycles. The number of fused-ring (bicyclic) bond motifs is 1. The number of rotatable bonds is 4. The molecule has 0 spiro atoms. The molecule has 1 unspecified atom stereocenters. The highest BCUT2D eigenvalue weighted by Crippen LogP contribution is 2.27. The number of hydrogen-bond donors (Lipinski definition) is 2. The number of hydrogen-bond acceptors (Lipinski definition) is 3. The number of aliphatic hydroxyl groups is 1. The van der Waals surface area contributed by atoms with Crippen molar-refractivity contribution in [1.82, 2.24) is 4.98 Å². The fraction of sp³-hybridized carbons (Fsp3) is 0.412. The minimum Gasteiger partial charge on any atom is -0.391 e. The molecule has 4 heteroatoms. The van der Waals surface area contributed by atoms with Crippen LogP contribution in [-0.2, 0) is 0 Å². The predicted octanol–water partition coefficient (Wildman–Crippen LogP) is 2.50. The molecule has 1 aromatic carbocycles. The summed E-state index contributed by atoms with van der Waals surface area (Å²) in [5.74, 6) is 0.372. The number of pyridine rings is 1. The van der Waals surface area contributed by atoms with E-state index in [0.29, 0.717) is 18.0 Å². The van der Waals surface area contributed by atoms with Gasteiger partial charge in [-0.05, 0) is 36.3 Å². The first kappa shape index (κ1) is 14.0. The number of H-pyrrole nitrogens is 1. The van der Waals surface area contributed by atoms with Gasteiger partial charge in [0.25, 0.3) is 5.56 Å². The Balaban J connectivity index is 1.73. The Morgan fingerprint density at radius 2 is 2.10 bits per heavy atom. The van der Waals surface area contributed by atoms with Crippen molar-refractivity contribution in [1.29, 1.82) is 0 Å². The lowest BCUT2D eigenvalue weighted by Crippen LogP contribution is -2.21. The van der Waals surface area contributed by atoms with Crippen molar-refractivity contribution in [3.63, 3.8) is 0 Å². The van der Waals surface area contributed by atoms with Gasteiger partial charge in [0.15, 0.2) is 0 Å². The van der Waals surface area contributed by atoms with E-state index in [1.165, 1.54) is 12.8 Å². The summed E-state index contributed by atoms with van der Waals surface area (Å²) >= 11 is 0. The van der Waals surface area contributed by atoms with Gasteiger partial charge in [0.1, 0.15) is 0 Å². The second-order valence-corrected chi connectivity index (χ2v) is 5.75. The Labute approximate surface area is 123 Å². The molecule has 1 fully saturated rings. The van der Waals surface area contributed by atoms with E-state index in [1.54, 1.807) is 6.21 Å². The van der Waals surface area contributed by atoms with Crippen LogP contribution in [0, 0.1) is 5.92 Å². The first-order valence-corrected chi connectivity index (χ1v) is 7.54. The van der Waals surface area contributed by atoms with Crippen molar-refractivity contribution >= 4 is 17.1 Å². The molecule has 1 aliphatic carbocycles. The van der Waals surface area contributed by atoms with Gasteiger partial charge in [-0.25, -0.2) is 0 Å². The number of benzene rings is 1. The monoisotopic (exact) mass is 284 g/mol. The maximum Gasteiger partial charge on any atom is 0.257 e. The van der Waals surface area contributed by atoms with Crippen LogP contribution in [0.4, 0.5) is 0 Å². The smallest absolute Gasteiger partial charge is 0.257 e. The van der Waals surface area contributed by atoms with E-state index in [0.717, 1.165) is 23.7 Å². The molecule has 4 nitrogen and oxygen atoms in total. The zero-order valence-corrected chi connectivity index (χ0v) is 12.0. The lowest BCUT2D eigenvalue weighted by atomic mass is 10.0. The van der Waals surface area contributed by atoms with Gasteiger partial charge in [-0.1, -0.05) is 31.0 Å². The van der Waals surface area contributed by atoms with Crippen LogP contribution in [0.1, 0.15) is 31.2 Å². The van der Waals surface area contributed by atoms with Crippen LogP contribution in [0.3, 0.4) is 0 Å². The van der Waals surface area contributed by atoms with E-state index in [9.17, 15) is 9.90 Å². The standard InChI is InChI=1S/C17H20N2O2/c20-16(12-5-1-2-6-12)11-18-10-14-9-13-7-3-4-8-15(13)19-17(14)21/h3-4,7-10,12,16,20H,1-2,5-6,11H2,(H,19,21). The maximum absolute atomic E-state index is 12.0. The van der Waals surface area contributed by atoms with E-state index in [2.05, 4.69) is 9.98 Å². The fourth-order valence-electron chi connectivity index (χ4n) is 3.01. The van der Waals surface area contributed by atoms with Gasteiger partial charge >= 0.3 is 0 Å². The number of para-hydroxylation sites is 1. The quantitative estimate of drug-likeness (QED) is 0.847. The van der Waals surface area contributed by atoms with E-state index in [4.69, 9.17) is 0 Å². The Hall–Kier alpha value is -1.94. The summed E-state index contributed by atoms with van der Waals surface area (Å²) in [7, 11) is 0. The van der Waals surface area contributed by atoms with Crippen molar-refractivity contribution in [3.05, 3.63) is 46.2 Å². The maximum atomic E-state index is 12.0. The molecule has 110 valence electrons. The van der Waals surface area contributed by atoms with E-state index < -0.39 is 0 Å². The molecule has 0 bridgehead atoms. The molecule has 0 saturated heterocycles. The van der Waals surface area contributed by atoms with Crippen LogP contribution in [0.15, 0.2) is 40.1 Å². The number of aromatic nitrogens is 1. The first-order chi connectivity index (χ1) is 10.2. The zero-order valence-electron chi connectivity index (χ0n) is 12.0. The Kier molecular flexibility index (Phi) is 4.15. The lowest BCUT2D eigenvalue weighted by molar-refractivity contribution is 0.119. The van der Waals surface area contributed by atoms with E-state index in [1.807, 2.05) is 30.3 Å². The van der Waals surface area contributed by atoms with E-state index >= 15 is 0 Å². The van der Waals surface area contributed by atoms with Crippen molar-refractivity contribution in [2.75, 3.05) is 6.54 Å². The van der Waals surface area contributed by atoms with Crippen LogP contribution < -0.4 is 5.56 Å². The zero-order chi connectivity index (χ0) is 14.7. The Morgan fingerprint density at radius 3 is 2.90 bits per heavy atom. The van der Waals surface area contributed by atoms with Gasteiger partial charge < -0.3 is 10.1 Å². The molecule has 21 heavy (non-hydrogen) atoms. The van der Waals surface area contributed by atoms with E-state index in [-0.39, 0.29) is 11.7 Å². The van der Waals surface area contributed by atoms with Gasteiger partial charge in [-0.3, -0.25) is 9.79 Å². The Morgan fingerprint density at radius 1 is 1.33 bits per heavy atom. The van der Waals surface area contributed by atoms with Gasteiger partial charge in [0, 0.05) is 11.7 Å². The number of aliphatic imine (C=N–C) groups is 1. The van der Waals surface area contributed by atoms with Crippen LogP contribution in [0.25, 0.3) is 10.9 Å². The number of aliphatic hydroxyl groups excluding tert-OH is 1. The summed E-state index contributed by atoms with van der Waals surface area (Å²) in [6, 6.07) is 9.49. The molecule has 2 aromatic rings. The molecule has 0 amide bonds. The van der Waals surface area contributed by atoms with Crippen molar-refractivity contribution in [2.45, 2.75) is 31.8 Å². The summed E-state index contributed by atoms with van der Waals surface area (Å²) in [5.41, 5.74) is 1.21. The van der Waals surface area contributed by atoms with Gasteiger partial charge in [0.05, 0.1) is 18.2 Å². The summed E-state index contributed by atoms with van der Waals surface area (Å²) in [5, 5.41) is 11.0. The van der Waals surface area contributed by atoms with Crippen molar-refractivity contribution in [2.24, 2.45) is 10.9 Å². The largest absolute Gasteiger partial charge is 0.391 e. The third kappa shape index (κ3) is 3.22. The summed E-state index contributed by atoms with van der Waals surface area (Å²) < 4.78 is 0. The lowest BCUT2D eigenvalue weighted by Gasteiger charge is -2.14. The summed E-state index contributed by atoms with van der Waals surface area (Å²) in [4.78, 5) is 19.1. The molecule has 1 aliphatic rings. The molecule has 1 aromatic heterocycles. The highest BCUT2D eigenvalue weighted by Gasteiger charge is 2.22. The van der Waals surface area contributed by atoms with Crippen molar-refractivity contribution < 1.29 is 5.11 Å². The minimum absolute atomic E-state index is 0.146. The average Bonchev–Trinajstić information content (AvgIpc) is 3.02. The highest BCUT2D eigenvalue weighted by atomic mass is 16.3. The summed E-state index contributed by atoms with van der Waals surface area (Å²) in [6.07, 6.45) is 5.78. The number of nitrogens with one attached hydrogen (secondary N) is 1. The normalized spacial score (nSPS) is 17.8. The molecule has 0 aliphatic heterocycles. The highest BCUT2D eigenvalue weighted by molar-refractivity contribution is 5.87. The third-order valence-electron chi connectivity index (χ3n) is 4.25. The van der Waals surface area contributed by atoms with Gasteiger partial charge in [-0.2, -0.15) is 0 Å². The van der Waals surface area contributed by atoms with Crippen molar-refractivity contribution in [3.8, 4) is 0 Å². The SMILES string of the molecule is O=c1[nH]c2ccccc2cc1C=NCC(O)C1CCCC1. The second-order valence-electron chi connectivity index (χ2n) is 5.75. The van der Waals surface area contributed by atoms with Crippen LogP contribution in [-0.4, -0.2) is 29.0 Å². The van der Waals surface area contributed by atoms with Crippen LogP contribution in [0.5, 0.6) is 0 Å². The van der Waals surface area contributed by atoms with Crippen LogP contribution >= 0.6 is 0 Å². The number of aromatic amines is 1. The van der Waals surface area contributed by atoms with Gasteiger partial charge in [-0.15, -0.1) is 0 Å². The molecular weight excluding hydrogens is 264 g/mol. The predicted molar refractivity (Wildman–Crippen MR) is 85.0 cm³/mol. The molecule has 2 N–H and O–H groups in total. The molecule has 1 atom stereocenters. The summed E-state index contributed by atoms with van der Waals surface area (Å²) in [6.45, 7) is 0.372. The topological polar surface area (TPSA) is 65.5 Å².